The van der Waals surface area contributed by atoms with Gasteiger partial charge in [-0.2, -0.15) is 0 Å². The van der Waals surface area contributed by atoms with Gasteiger partial charge in [-0.05, 0) is 24.3 Å². The van der Waals surface area contributed by atoms with E-state index in [9.17, 15) is 19.5 Å². The normalized spacial score (nSPS) is 10.8. The number of hydrogen-bond acceptors (Lipinski definition) is 7. The van der Waals surface area contributed by atoms with Crippen LogP contribution in [0.2, 0.25) is 0 Å². The van der Waals surface area contributed by atoms with Gasteiger partial charge in [0.2, 0.25) is 5.91 Å². The molecule has 0 atom stereocenters. The van der Waals surface area contributed by atoms with Gasteiger partial charge < -0.3 is 25.9 Å². The minimum absolute atomic E-state index is 0.0300. The summed E-state index contributed by atoms with van der Waals surface area (Å²) in [4.78, 5) is 38.8. The van der Waals surface area contributed by atoms with Crippen molar-refractivity contribution in [1.82, 2.24) is 4.98 Å². The summed E-state index contributed by atoms with van der Waals surface area (Å²) in [6, 6.07) is 17.2. The van der Waals surface area contributed by atoms with Gasteiger partial charge in [0.05, 0.1) is 31.4 Å². The predicted octanol–water partition coefficient (Wildman–Crippen LogP) is 3.92. The van der Waals surface area contributed by atoms with Crippen molar-refractivity contribution < 1.29 is 19.4 Å². The zero-order valence-electron chi connectivity index (χ0n) is 16.5. The lowest BCUT2D eigenvalue weighted by atomic mass is 10.2. The number of nitrogens with one attached hydrogen (secondary N) is 2. The maximum atomic E-state index is 12.6. The Morgan fingerprint density at radius 3 is 2.59 bits per heavy atom. The predicted molar refractivity (Wildman–Crippen MR) is 125 cm³/mol. The number of nitrogens with two attached hydrogens (primary N) is 1. The van der Waals surface area contributed by atoms with Crippen LogP contribution in [0.4, 0.5) is 5.69 Å². The van der Waals surface area contributed by atoms with Crippen LogP contribution in [0, 0.1) is 0 Å². The maximum absolute atomic E-state index is 12.6. The van der Waals surface area contributed by atoms with Gasteiger partial charge in [-0.1, -0.05) is 30.3 Å². The van der Waals surface area contributed by atoms with Crippen LogP contribution in [0.5, 0.6) is 17.2 Å². The van der Waals surface area contributed by atoms with E-state index in [1.807, 2.05) is 18.2 Å². The zero-order chi connectivity index (χ0) is 22.7. The lowest BCUT2D eigenvalue weighted by Gasteiger charge is -2.12. The van der Waals surface area contributed by atoms with Crippen molar-refractivity contribution in [2.24, 2.45) is 5.73 Å². The fourth-order valence-electron chi connectivity index (χ4n) is 2.98. The van der Waals surface area contributed by atoms with Crippen LogP contribution < -0.4 is 21.3 Å². The molecule has 4 rings (SSSR count). The van der Waals surface area contributed by atoms with Crippen molar-refractivity contribution in [2.75, 3.05) is 11.1 Å². The Labute approximate surface area is 190 Å². The van der Waals surface area contributed by atoms with Crippen molar-refractivity contribution in [2.45, 2.75) is 4.21 Å². The number of carbonyl (C=O) groups is 2. The number of aromatic hydroxyl groups is 1. The number of anilines is 1. The number of primary amides is 1. The Kier molecular flexibility index (Phi) is 6.15. The van der Waals surface area contributed by atoms with E-state index >= 15 is 0 Å². The number of para-hydroxylation sites is 3. The number of thiophene rings is 1. The van der Waals surface area contributed by atoms with E-state index in [0.29, 0.717) is 26.1 Å². The molecular weight excluding hydrogens is 450 g/mol. The van der Waals surface area contributed by atoms with E-state index in [1.54, 1.807) is 36.4 Å². The van der Waals surface area contributed by atoms with Gasteiger partial charge >= 0.3 is 0 Å². The Bertz CT molecular complexity index is 1370. The van der Waals surface area contributed by atoms with E-state index < -0.39 is 11.5 Å². The minimum Gasteiger partial charge on any atom is -0.506 e. The molecule has 0 fully saturated rings. The lowest BCUT2D eigenvalue weighted by molar-refractivity contribution is -0.113. The molecule has 0 unspecified atom stereocenters. The number of aromatic amines is 1. The van der Waals surface area contributed by atoms with Gasteiger partial charge in [-0.3, -0.25) is 14.4 Å². The second-order valence-corrected chi connectivity index (χ2v) is 8.86. The van der Waals surface area contributed by atoms with Crippen LogP contribution in [0.15, 0.2) is 69.7 Å². The van der Waals surface area contributed by atoms with Gasteiger partial charge in [0.25, 0.3) is 11.5 Å². The van der Waals surface area contributed by atoms with Gasteiger partial charge in [0.15, 0.2) is 5.75 Å². The summed E-state index contributed by atoms with van der Waals surface area (Å²) >= 11 is 2.16. The first kappa shape index (κ1) is 21.5. The molecule has 162 valence electrons. The highest BCUT2D eigenvalue weighted by Crippen LogP contribution is 2.40. The second-order valence-electron chi connectivity index (χ2n) is 6.60. The number of benzene rings is 2. The number of amides is 2. The SMILES string of the molecule is NC(=O)c1c(SCC(=O)Nc2ccccc2Oc2ccccc2)sc2c(O)cc(=O)[nH]c12. The van der Waals surface area contributed by atoms with Gasteiger partial charge in [-0.25, -0.2) is 0 Å². The number of ether oxygens (including phenoxy) is 1. The monoisotopic (exact) mass is 467 g/mol. The van der Waals surface area contributed by atoms with Gasteiger partial charge in [0, 0.05) is 6.07 Å². The number of fused-ring (bicyclic) bond motifs is 1. The van der Waals surface area contributed by atoms with Crippen molar-refractivity contribution in [1.29, 1.82) is 0 Å². The molecular formula is C22H17N3O5S2. The first-order chi connectivity index (χ1) is 15.4. The molecule has 0 aliphatic heterocycles. The fraction of sp³-hybridized carbons (Fsp3) is 0.0455. The average molecular weight is 468 g/mol. The molecule has 32 heavy (non-hydrogen) atoms. The van der Waals surface area contributed by atoms with E-state index in [1.165, 1.54) is 0 Å². The lowest BCUT2D eigenvalue weighted by Crippen LogP contribution is -2.16. The van der Waals surface area contributed by atoms with E-state index in [2.05, 4.69) is 10.3 Å². The van der Waals surface area contributed by atoms with Gasteiger partial charge in [-0.15, -0.1) is 23.1 Å². The molecule has 5 N–H and O–H groups in total. The summed E-state index contributed by atoms with van der Waals surface area (Å²) in [6.45, 7) is 0. The number of hydrogen-bond donors (Lipinski definition) is 4. The summed E-state index contributed by atoms with van der Waals surface area (Å²) in [7, 11) is 0. The van der Waals surface area contributed by atoms with Crippen molar-refractivity contribution >= 4 is 50.8 Å². The molecule has 8 nitrogen and oxygen atoms in total. The highest BCUT2D eigenvalue weighted by Gasteiger charge is 2.21. The Morgan fingerprint density at radius 2 is 1.84 bits per heavy atom. The van der Waals surface area contributed by atoms with Crippen LogP contribution in [0.1, 0.15) is 10.4 Å². The molecule has 0 aliphatic carbocycles. The molecule has 0 aliphatic rings. The van der Waals surface area contributed by atoms with Crippen LogP contribution in [0.3, 0.4) is 0 Å². The molecule has 0 bridgehead atoms. The molecule has 0 saturated carbocycles. The molecule has 2 amide bonds. The van der Waals surface area contributed by atoms with Crippen molar-refractivity contribution in [3.63, 3.8) is 0 Å². The third-order valence-corrected chi connectivity index (χ3v) is 6.82. The Hall–Kier alpha value is -3.76. The number of pyridine rings is 1. The maximum Gasteiger partial charge on any atom is 0.252 e. The number of carbonyl (C=O) groups excluding carboxylic acids is 2. The van der Waals surface area contributed by atoms with E-state index in [-0.39, 0.29) is 28.5 Å². The summed E-state index contributed by atoms with van der Waals surface area (Å²) in [5.41, 5.74) is 5.66. The van der Waals surface area contributed by atoms with Crippen molar-refractivity contribution in [3.8, 4) is 17.2 Å². The summed E-state index contributed by atoms with van der Waals surface area (Å²) in [5, 5.41) is 12.8. The quantitative estimate of drug-likeness (QED) is 0.304. The van der Waals surface area contributed by atoms with E-state index in [0.717, 1.165) is 29.2 Å². The summed E-state index contributed by atoms with van der Waals surface area (Å²) in [5.74, 6) is -0.253. The standard InChI is InChI=1S/C22H17N3O5S2/c23-21(29)18-19-20(14(26)10-16(27)25-19)32-22(18)31-11-17(28)24-13-8-4-5-9-15(13)30-12-6-2-1-3-7-12/h1-10H,11H2,(H2,23,29)(H,24,28)(H2,25,26,27). The van der Waals surface area contributed by atoms with Crippen LogP contribution in [0.25, 0.3) is 10.2 Å². The molecule has 2 aromatic heterocycles. The third kappa shape index (κ3) is 4.61. The topological polar surface area (TPSA) is 135 Å². The Balaban J connectivity index is 1.51. The number of thioether (sulfide) groups is 1. The van der Waals surface area contributed by atoms with E-state index in [4.69, 9.17) is 10.5 Å². The highest BCUT2D eigenvalue weighted by molar-refractivity contribution is 8.02. The summed E-state index contributed by atoms with van der Waals surface area (Å²) in [6.07, 6.45) is 0. The second kappa shape index (κ2) is 9.16. The first-order valence-corrected chi connectivity index (χ1v) is 11.2. The molecule has 2 heterocycles. The molecule has 0 radical (unpaired) electrons. The third-order valence-electron chi connectivity index (χ3n) is 4.34. The fourth-order valence-corrected chi connectivity index (χ4v) is 5.23. The average Bonchev–Trinajstić information content (AvgIpc) is 3.13. The number of H-pyrrole nitrogens is 1. The van der Waals surface area contributed by atoms with Crippen LogP contribution >= 0.6 is 23.1 Å². The molecule has 10 heteroatoms. The van der Waals surface area contributed by atoms with Crippen LogP contribution in [-0.4, -0.2) is 27.7 Å². The number of rotatable bonds is 7. The Morgan fingerprint density at radius 1 is 1.12 bits per heavy atom. The largest absolute Gasteiger partial charge is 0.506 e. The molecule has 0 spiro atoms. The van der Waals surface area contributed by atoms with Gasteiger partial charge in [0.1, 0.15) is 11.5 Å². The molecule has 0 saturated heterocycles. The highest BCUT2D eigenvalue weighted by atomic mass is 32.2. The molecule has 2 aromatic carbocycles. The first-order valence-electron chi connectivity index (χ1n) is 9.35. The minimum atomic E-state index is -0.762. The van der Waals surface area contributed by atoms with Crippen molar-refractivity contribution in [3.05, 3.63) is 76.6 Å². The van der Waals surface area contributed by atoms with Crippen LogP contribution in [-0.2, 0) is 4.79 Å². The zero-order valence-corrected chi connectivity index (χ0v) is 18.1. The number of aromatic nitrogens is 1. The smallest absolute Gasteiger partial charge is 0.252 e. The summed E-state index contributed by atoms with van der Waals surface area (Å²) < 4.78 is 6.59. The molecule has 4 aromatic rings.